The molecule has 1 aromatic rings. The van der Waals surface area contributed by atoms with Crippen LogP contribution in [-0.2, 0) is 0 Å². The van der Waals surface area contributed by atoms with E-state index in [1.165, 1.54) is 0 Å². The maximum absolute atomic E-state index is 11.1. The van der Waals surface area contributed by atoms with Crippen LogP contribution in [-0.4, -0.2) is 27.1 Å². The summed E-state index contributed by atoms with van der Waals surface area (Å²) in [6.07, 6.45) is 3.82. The third-order valence-corrected chi connectivity index (χ3v) is 3.71. The average molecular weight is 294 g/mol. The summed E-state index contributed by atoms with van der Waals surface area (Å²) >= 11 is 0. The molecule has 7 nitrogen and oxygen atoms in total. The van der Waals surface area contributed by atoms with Crippen molar-refractivity contribution in [2.45, 2.75) is 39.2 Å². The first kappa shape index (κ1) is 15.2. The molecular formula is C14H18N2O5. The van der Waals surface area contributed by atoms with Gasteiger partial charge in [0.05, 0.1) is 4.92 Å². The van der Waals surface area contributed by atoms with Gasteiger partial charge >= 0.3 is 11.7 Å². The van der Waals surface area contributed by atoms with Crippen molar-refractivity contribution in [1.82, 2.24) is 4.98 Å². The summed E-state index contributed by atoms with van der Waals surface area (Å²) in [4.78, 5) is 25.0. The van der Waals surface area contributed by atoms with Crippen molar-refractivity contribution in [1.29, 1.82) is 0 Å². The molecule has 1 heterocycles. The molecule has 0 aliphatic heterocycles. The Labute approximate surface area is 122 Å². The number of carboxylic acids is 1. The van der Waals surface area contributed by atoms with Gasteiger partial charge in [0.1, 0.15) is 17.9 Å². The van der Waals surface area contributed by atoms with Crippen LogP contribution in [0.15, 0.2) is 12.3 Å². The van der Waals surface area contributed by atoms with Crippen molar-refractivity contribution in [3.8, 4) is 5.88 Å². The van der Waals surface area contributed by atoms with Crippen LogP contribution in [0.5, 0.6) is 5.88 Å². The number of pyridine rings is 1. The predicted molar refractivity (Wildman–Crippen MR) is 74.4 cm³/mol. The van der Waals surface area contributed by atoms with E-state index in [2.05, 4.69) is 18.8 Å². The average Bonchev–Trinajstić information content (AvgIpc) is 2.36. The summed E-state index contributed by atoms with van der Waals surface area (Å²) in [6, 6.07) is 1.13. The van der Waals surface area contributed by atoms with E-state index in [0.29, 0.717) is 11.8 Å². The Morgan fingerprint density at radius 1 is 1.38 bits per heavy atom. The number of hydrogen-bond acceptors (Lipinski definition) is 5. The molecule has 0 amide bonds. The number of nitrogens with zero attached hydrogens (tertiary/aromatic N) is 2. The maximum atomic E-state index is 11.1. The Balaban J connectivity index is 2.19. The first-order valence-corrected chi connectivity index (χ1v) is 6.91. The van der Waals surface area contributed by atoms with Gasteiger partial charge in [-0.3, -0.25) is 10.1 Å². The Hall–Kier alpha value is -2.18. The Morgan fingerprint density at radius 2 is 2.00 bits per heavy atom. The highest BCUT2D eigenvalue weighted by atomic mass is 16.6. The topological polar surface area (TPSA) is 103 Å². The predicted octanol–water partition coefficient (Wildman–Crippen LogP) is 2.89. The highest BCUT2D eigenvalue weighted by molar-refractivity contribution is 5.92. The van der Waals surface area contributed by atoms with Gasteiger partial charge in [-0.2, -0.15) is 0 Å². The van der Waals surface area contributed by atoms with E-state index >= 15 is 0 Å². The minimum absolute atomic E-state index is 0.0284. The molecule has 1 fully saturated rings. The number of carbonyl (C=O) groups is 1. The van der Waals surface area contributed by atoms with E-state index in [4.69, 9.17) is 9.84 Å². The molecule has 1 aliphatic rings. The molecule has 1 N–H and O–H groups in total. The van der Waals surface area contributed by atoms with E-state index in [1.54, 1.807) is 0 Å². The summed E-state index contributed by atoms with van der Waals surface area (Å²) < 4.78 is 5.72. The Kier molecular flexibility index (Phi) is 4.40. The van der Waals surface area contributed by atoms with Crippen LogP contribution in [0.25, 0.3) is 0 Å². The second kappa shape index (κ2) is 6.07. The Bertz CT molecular complexity index is 550. The van der Waals surface area contributed by atoms with Crippen LogP contribution >= 0.6 is 0 Å². The third kappa shape index (κ3) is 3.68. The molecule has 0 radical (unpaired) electrons. The molecule has 2 unspecified atom stereocenters. The smallest absolute Gasteiger partial charge is 0.342 e. The van der Waals surface area contributed by atoms with Crippen molar-refractivity contribution in [3.05, 3.63) is 27.9 Å². The summed E-state index contributed by atoms with van der Waals surface area (Å²) in [5.74, 6) is -0.157. The number of aromatic nitrogens is 1. The normalized spacial score (nSPS) is 25.3. The van der Waals surface area contributed by atoms with Crippen molar-refractivity contribution in [2.75, 3.05) is 0 Å². The second-order valence-electron chi connectivity index (χ2n) is 5.76. The quantitative estimate of drug-likeness (QED) is 0.676. The largest absolute Gasteiger partial charge is 0.477 e. The van der Waals surface area contributed by atoms with Crippen LogP contribution in [0.1, 0.15) is 43.5 Å². The van der Waals surface area contributed by atoms with Crippen molar-refractivity contribution < 1.29 is 19.6 Å². The van der Waals surface area contributed by atoms with E-state index in [1.807, 2.05) is 0 Å². The molecule has 0 saturated heterocycles. The van der Waals surface area contributed by atoms with Crippen molar-refractivity contribution in [2.24, 2.45) is 11.8 Å². The summed E-state index contributed by atoms with van der Waals surface area (Å²) in [5.41, 5.74) is -0.929. The van der Waals surface area contributed by atoms with Crippen LogP contribution < -0.4 is 4.74 Å². The molecule has 2 rings (SSSR count). The number of nitro groups is 1. The zero-order valence-corrected chi connectivity index (χ0v) is 12.0. The lowest BCUT2D eigenvalue weighted by Crippen LogP contribution is -2.28. The van der Waals surface area contributed by atoms with Crippen LogP contribution in [0.4, 0.5) is 5.69 Å². The minimum atomic E-state index is -1.36. The monoisotopic (exact) mass is 294 g/mol. The zero-order chi connectivity index (χ0) is 15.6. The lowest BCUT2D eigenvalue weighted by Gasteiger charge is -2.31. The summed E-state index contributed by atoms with van der Waals surface area (Å²) in [7, 11) is 0. The second-order valence-corrected chi connectivity index (χ2v) is 5.76. The Morgan fingerprint density at radius 3 is 2.52 bits per heavy atom. The first-order chi connectivity index (χ1) is 9.86. The molecule has 0 bridgehead atoms. The number of rotatable bonds is 4. The lowest BCUT2D eigenvalue weighted by molar-refractivity contribution is -0.385. The first-order valence-electron chi connectivity index (χ1n) is 6.91. The van der Waals surface area contributed by atoms with Crippen molar-refractivity contribution in [3.63, 3.8) is 0 Å². The fourth-order valence-electron chi connectivity index (χ4n) is 2.95. The van der Waals surface area contributed by atoms with Gasteiger partial charge in [0, 0.05) is 6.07 Å². The van der Waals surface area contributed by atoms with Gasteiger partial charge in [-0.25, -0.2) is 9.78 Å². The fourth-order valence-corrected chi connectivity index (χ4v) is 2.95. The van der Waals surface area contributed by atoms with E-state index in [-0.39, 0.29) is 12.0 Å². The van der Waals surface area contributed by atoms with Crippen LogP contribution in [0.3, 0.4) is 0 Å². The van der Waals surface area contributed by atoms with Gasteiger partial charge in [0.2, 0.25) is 5.88 Å². The SMILES string of the molecule is CC1CC(C)CC(Oc2cc(C(=O)O)c([N+](=O)[O-])cn2)C1. The molecule has 1 aliphatic carbocycles. The molecule has 0 aromatic carbocycles. The van der Waals surface area contributed by atoms with Gasteiger partial charge in [0.15, 0.2) is 0 Å². The number of carboxylic acid groups (broad SMARTS) is 1. The molecule has 1 aromatic heterocycles. The molecule has 1 saturated carbocycles. The fraction of sp³-hybridized carbons (Fsp3) is 0.571. The number of ether oxygens (including phenoxy) is 1. The van der Waals surface area contributed by atoms with Crippen LogP contribution in [0, 0.1) is 22.0 Å². The van der Waals surface area contributed by atoms with Gasteiger partial charge in [-0.05, 0) is 31.1 Å². The highest BCUT2D eigenvalue weighted by Gasteiger charge is 2.27. The third-order valence-electron chi connectivity index (χ3n) is 3.71. The summed E-state index contributed by atoms with van der Waals surface area (Å²) in [6.45, 7) is 4.30. The minimum Gasteiger partial charge on any atom is -0.477 e. The van der Waals surface area contributed by atoms with Crippen LogP contribution in [0.2, 0.25) is 0 Å². The van der Waals surface area contributed by atoms with Crippen molar-refractivity contribution >= 4 is 11.7 Å². The zero-order valence-electron chi connectivity index (χ0n) is 12.0. The van der Waals surface area contributed by atoms with Gasteiger partial charge in [-0.1, -0.05) is 13.8 Å². The molecule has 114 valence electrons. The molecule has 21 heavy (non-hydrogen) atoms. The standard InChI is InChI=1S/C14H18N2O5/c1-8-3-9(2)5-10(4-8)21-13-6-11(14(17)18)12(7-15-13)16(19)20/h6-10H,3-5H2,1-2H3,(H,17,18). The molecule has 2 atom stereocenters. The van der Waals surface area contributed by atoms with E-state index in [9.17, 15) is 14.9 Å². The summed E-state index contributed by atoms with van der Waals surface area (Å²) in [5, 5.41) is 19.8. The lowest BCUT2D eigenvalue weighted by atomic mass is 9.82. The van der Waals surface area contributed by atoms with Gasteiger partial charge in [-0.15, -0.1) is 0 Å². The number of aromatic carboxylic acids is 1. The van der Waals surface area contributed by atoms with Gasteiger partial charge < -0.3 is 9.84 Å². The molecular weight excluding hydrogens is 276 g/mol. The van der Waals surface area contributed by atoms with E-state index < -0.39 is 22.1 Å². The maximum Gasteiger partial charge on any atom is 0.342 e. The highest BCUT2D eigenvalue weighted by Crippen LogP contribution is 2.31. The van der Waals surface area contributed by atoms with E-state index in [0.717, 1.165) is 31.5 Å². The number of hydrogen-bond donors (Lipinski definition) is 1. The molecule has 0 spiro atoms. The molecule has 7 heteroatoms. The van der Waals surface area contributed by atoms with Gasteiger partial charge in [0.25, 0.3) is 0 Å².